The van der Waals surface area contributed by atoms with Crippen LogP contribution in [-0.4, -0.2) is 51.2 Å². The van der Waals surface area contributed by atoms with E-state index < -0.39 is 0 Å². The van der Waals surface area contributed by atoms with Gasteiger partial charge in [0.15, 0.2) is 0 Å². The molecule has 0 saturated heterocycles. The summed E-state index contributed by atoms with van der Waals surface area (Å²) in [5.41, 5.74) is 3.92. The smallest absolute Gasteiger partial charge is 0.223 e. The molecule has 0 saturated carbocycles. The summed E-state index contributed by atoms with van der Waals surface area (Å²) in [6, 6.07) is 1.88. The molecule has 0 fully saturated rings. The van der Waals surface area contributed by atoms with E-state index in [9.17, 15) is 0 Å². The van der Waals surface area contributed by atoms with Crippen molar-refractivity contribution in [1.82, 2.24) is 19.7 Å². The number of ether oxygens (including phenoxy) is 1. The number of aromatic nitrogens is 4. The molecule has 2 rings (SSSR count). The minimum Gasteiger partial charge on any atom is -0.394 e. The Morgan fingerprint density at radius 2 is 2.14 bits per heavy atom. The molecule has 0 unspecified atom stereocenters. The Morgan fingerprint density at radius 3 is 2.81 bits per heavy atom. The topological polar surface area (TPSA) is 85.1 Å². The summed E-state index contributed by atoms with van der Waals surface area (Å²) < 4.78 is 7.03. The summed E-state index contributed by atoms with van der Waals surface area (Å²) in [5, 5.41) is 16.1. The van der Waals surface area contributed by atoms with Gasteiger partial charge in [0, 0.05) is 31.0 Å². The molecule has 0 bridgehead atoms. The van der Waals surface area contributed by atoms with Crippen LogP contribution in [0.25, 0.3) is 11.3 Å². The van der Waals surface area contributed by atoms with Crippen LogP contribution in [-0.2, 0) is 11.8 Å². The summed E-state index contributed by atoms with van der Waals surface area (Å²) in [4.78, 5) is 8.71. The maximum Gasteiger partial charge on any atom is 0.223 e. The molecule has 7 nitrogen and oxygen atoms in total. The zero-order valence-corrected chi connectivity index (χ0v) is 12.6. The highest BCUT2D eigenvalue weighted by atomic mass is 16.5. The van der Waals surface area contributed by atoms with E-state index in [1.54, 1.807) is 6.20 Å². The standard InChI is InChI=1S/C14H21N5O2/c1-10-13(11(2)19(3)18-10)12-4-5-15-14(17-12)16-6-8-21-9-7-20/h4-5,20H,6-9H2,1-3H3,(H,15,16,17). The van der Waals surface area contributed by atoms with Crippen molar-refractivity contribution >= 4 is 5.95 Å². The van der Waals surface area contributed by atoms with E-state index in [4.69, 9.17) is 9.84 Å². The van der Waals surface area contributed by atoms with Gasteiger partial charge in [-0.3, -0.25) is 4.68 Å². The lowest BCUT2D eigenvalue weighted by molar-refractivity contribution is 0.0991. The number of aliphatic hydroxyl groups excluding tert-OH is 1. The van der Waals surface area contributed by atoms with Gasteiger partial charge in [-0.1, -0.05) is 0 Å². The van der Waals surface area contributed by atoms with Gasteiger partial charge < -0.3 is 15.2 Å². The van der Waals surface area contributed by atoms with E-state index in [1.807, 2.05) is 31.6 Å². The molecular weight excluding hydrogens is 270 g/mol. The van der Waals surface area contributed by atoms with Crippen molar-refractivity contribution in [3.63, 3.8) is 0 Å². The van der Waals surface area contributed by atoms with E-state index in [1.165, 1.54) is 0 Å². The van der Waals surface area contributed by atoms with Crippen LogP contribution < -0.4 is 5.32 Å². The number of anilines is 1. The summed E-state index contributed by atoms with van der Waals surface area (Å²) in [7, 11) is 1.92. The number of aryl methyl sites for hydroxylation is 2. The zero-order valence-electron chi connectivity index (χ0n) is 12.6. The second-order valence-corrected chi connectivity index (χ2v) is 4.70. The summed E-state index contributed by atoms with van der Waals surface area (Å²) >= 11 is 0. The van der Waals surface area contributed by atoms with Gasteiger partial charge in [-0.05, 0) is 19.9 Å². The molecule has 0 spiro atoms. The summed E-state index contributed by atoms with van der Waals surface area (Å²) in [6.45, 7) is 5.46. The number of hydrogen-bond acceptors (Lipinski definition) is 6. The van der Waals surface area contributed by atoms with Crippen molar-refractivity contribution in [2.75, 3.05) is 31.7 Å². The van der Waals surface area contributed by atoms with Crippen LogP contribution >= 0.6 is 0 Å². The average molecular weight is 291 g/mol. The highest BCUT2D eigenvalue weighted by Crippen LogP contribution is 2.24. The summed E-state index contributed by atoms with van der Waals surface area (Å²) in [6.07, 6.45) is 1.73. The van der Waals surface area contributed by atoms with Crippen molar-refractivity contribution in [3.05, 3.63) is 23.7 Å². The Bertz CT molecular complexity index is 597. The first-order chi connectivity index (χ1) is 10.1. The number of nitrogens with zero attached hydrogens (tertiary/aromatic N) is 4. The minimum absolute atomic E-state index is 0.0333. The molecule has 0 aliphatic heterocycles. The lowest BCUT2D eigenvalue weighted by atomic mass is 10.1. The molecular formula is C14H21N5O2. The second-order valence-electron chi connectivity index (χ2n) is 4.70. The number of hydrogen-bond donors (Lipinski definition) is 2. The third-order valence-electron chi connectivity index (χ3n) is 3.19. The van der Waals surface area contributed by atoms with Crippen molar-refractivity contribution < 1.29 is 9.84 Å². The lowest BCUT2D eigenvalue weighted by Crippen LogP contribution is -2.13. The fourth-order valence-corrected chi connectivity index (χ4v) is 2.13. The highest BCUT2D eigenvalue weighted by Gasteiger charge is 2.13. The van der Waals surface area contributed by atoms with Gasteiger partial charge in [-0.15, -0.1) is 0 Å². The highest BCUT2D eigenvalue weighted by molar-refractivity contribution is 5.65. The second kappa shape index (κ2) is 7.14. The zero-order chi connectivity index (χ0) is 15.2. The molecule has 2 heterocycles. The first-order valence-corrected chi connectivity index (χ1v) is 6.89. The van der Waals surface area contributed by atoms with Crippen molar-refractivity contribution in [2.24, 2.45) is 7.05 Å². The Balaban J connectivity index is 2.07. The Morgan fingerprint density at radius 1 is 1.33 bits per heavy atom. The van der Waals surface area contributed by atoms with E-state index in [-0.39, 0.29) is 6.61 Å². The van der Waals surface area contributed by atoms with Crippen LogP contribution in [0, 0.1) is 13.8 Å². The third-order valence-corrected chi connectivity index (χ3v) is 3.19. The first-order valence-electron chi connectivity index (χ1n) is 6.89. The van der Waals surface area contributed by atoms with Gasteiger partial charge in [-0.25, -0.2) is 9.97 Å². The molecule has 0 aliphatic rings. The third kappa shape index (κ3) is 3.77. The largest absolute Gasteiger partial charge is 0.394 e. The van der Waals surface area contributed by atoms with Crippen LogP contribution in [0.4, 0.5) is 5.95 Å². The van der Waals surface area contributed by atoms with Crippen LogP contribution in [0.5, 0.6) is 0 Å². The number of rotatable bonds is 7. The predicted molar refractivity (Wildman–Crippen MR) is 80.1 cm³/mol. The molecule has 7 heteroatoms. The van der Waals surface area contributed by atoms with Crippen LogP contribution in [0.1, 0.15) is 11.4 Å². The molecule has 2 aromatic rings. The van der Waals surface area contributed by atoms with Gasteiger partial charge in [-0.2, -0.15) is 5.10 Å². The monoisotopic (exact) mass is 291 g/mol. The average Bonchev–Trinajstić information content (AvgIpc) is 2.72. The van der Waals surface area contributed by atoms with E-state index in [0.29, 0.717) is 25.7 Å². The number of aliphatic hydroxyl groups is 1. The Hall–Kier alpha value is -1.99. The lowest BCUT2D eigenvalue weighted by Gasteiger charge is -2.07. The minimum atomic E-state index is 0.0333. The van der Waals surface area contributed by atoms with Crippen LogP contribution in [0.15, 0.2) is 12.3 Å². The van der Waals surface area contributed by atoms with Crippen molar-refractivity contribution in [2.45, 2.75) is 13.8 Å². The summed E-state index contributed by atoms with van der Waals surface area (Å²) in [5.74, 6) is 0.558. The Labute approximate surface area is 124 Å². The molecule has 2 N–H and O–H groups in total. The van der Waals surface area contributed by atoms with Gasteiger partial charge in [0.2, 0.25) is 5.95 Å². The SMILES string of the molecule is Cc1nn(C)c(C)c1-c1ccnc(NCCOCCO)n1. The molecule has 0 radical (unpaired) electrons. The van der Waals surface area contributed by atoms with E-state index >= 15 is 0 Å². The molecule has 2 aromatic heterocycles. The predicted octanol–water partition coefficient (Wildman–Crippen LogP) is 0.915. The van der Waals surface area contributed by atoms with Gasteiger partial charge in [0.05, 0.1) is 31.2 Å². The molecule has 0 aliphatic carbocycles. The number of nitrogens with one attached hydrogen (secondary N) is 1. The Kier molecular flexibility index (Phi) is 5.24. The van der Waals surface area contributed by atoms with E-state index in [2.05, 4.69) is 20.4 Å². The molecule has 114 valence electrons. The van der Waals surface area contributed by atoms with Gasteiger partial charge in [0.1, 0.15) is 0 Å². The van der Waals surface area contributed by atoms with E-state index in [0.717, 1.165) is 22.6 Å². The fourth-order valence-electron chi connectivity index (χ4n) is 2.13. The van der Waals surface area contributed by atoms with Crippen molar-refractivity contribution in [3.8, 4) is 11.3 Å². The fraction of sp³-hybridized carbons (Fsp3) is 0.500. The first kappa shape index (κ1) is 15.4. The normalized spacial score (nSPS) is 10.9. The molecule has 21 heavy (non-hydrogen) atoms. The molecule has 0 aromatic carbocycles. The van der Waals surface area contributed by atoms with Gasteiger partial charge >= 0.3 is 0 Å². The maximum absolute atomic E-state index is 8.62. The molecule has 0 amide bonds. The van der Waals surface area contributed by atoms with Gasteiger partial charge in [0.25, 0.3) is 0 Å². The van der Waals surface area contributed by atoms with Crippen molar-refractivity contribution in [1.29, 1.82) is 0 Å². The van der Waals surface area contributed by atoms with Crippen LogP contribution in [0.2, 0.25) is 0 Å². The quantitative estimate of drug-likeness (QED) is 0.738. The molecule has 0 atom stereocenters. The maximum atomic E-state index is 8.62. The van der Waals surface area contributed by atoms with Crippen LogP contribution in [0.3, 0.4) is 0 Å².